The maximum atomic E-state index is 13.8. The molecule has 0 amide bonds. The molecule has 0 saturated carbocycles. The minimum absolute atomic E-state index is 0.203. The lowest BCUT2D eigenvalue weighted by atomic mass is 9.96. The number of hydrogen-bond acceptors (Lipinski definition) is 6. The Morgan fingerprint density at radius 3 is 2.59 bits per heavy atom. The number of aromatic nitrogens is 2. The van der Waals surface area contributed by atoms with Crippen LogP contribution in [0.3, 0.4) is 0 Å². The van der Waals surface area contributed by atoms with E-state index in [4.69, 9.17) is 19.2 Å². The molecule has 0 bridgehead atoms. The van der Waals surface area contributed by atoms with Crippen LogP contribution < -0.4 is 19.8 Å². The van der Waals surface area contributed by atoms with Gasteiger partial charge < -0.3 is 14.2 Å². The maximum Gasteiger partial charge on any atom is 0.282 e. The fourth-order valence-electron chi connectivity index (χ4n) is 4.33. The molecule has 202 valence electrons. The molecule has 1 heterocycles. The van der Waals surface area contributed by atoms with E-state index < -0.39 is 0 Å². The number of methoxy groups -OCH3 is 1. The van der Waals surface area contributed by atoms with Crippen molar-refractivity contribution < 1.29 is 14.2 Å². The first-order valence-corrected chi connectivity index (χ1v) is 13.5. The topological polar surface area (TPSA) is 74.9 Å². The van der Waals surface area contributed by atoms with Crippen molar-refractivity contribution in [1.82, 2.24) is 9.66 Å². The molecule has 0 N–H and O–H groups in total. The zero-order valence-corrected chi connectivity index (χ0v) is 24.4. The minimum atomic E-state index is -0.276. The summed E-state index contributed by atoms with van der Waals surface area (Å²) >= 11 is 3.52. The number of aryl methyl sites for hydroxylation is 1. The van der Waals surface area contributed by atoms with E-state index >= 15 is 0 Å². The van der Waals surface area contributed by atoms with E-state index in [1.165, 1.54) is 4.68 Å². The highest BCUT2D eigenvalue weighted by Gasteiger charge is 2.19. The lowest BCUT2D eigenvalue weighted by Crippen LogP contribution is -2.21. The zero-order valence-electron chi connectivity index (χ0n) is 22.8. The summed E-state index contributed by atoms with van der Waals surface area (Å²) in [6.07, 6.45) is 3.24. The average molecular weight is 591 g/mol. The highest BCUT2D eigenvalue weighted by molar-refractivity contribution is 9.10. The summed E-state index contributed by atoms with van der Waals surface area (Å²) in [4.78, 5) is 18.7. The van der Waals surface area contributed by atoms with E-state index in [9.17, 15) is 4.79 Å². The molecule has 1 aromatic heterocycles. The van der Waals surface area contributed by atoms with E-state index in [0.717, 1.165) is 26.9 Å². The molecule has 0 aliphatic rings. The summed E-state index contributed by atoms with van der Waals surface area (Å²) in [5.41, 5.74) is 3.71. The maximum absolute atomic E-state index is 13.8. The number of nitrogens with zero attached hydrogens (tertiary/aromatic N) is 3. The molecule has 0 fully saturated rings. The van der Waals surface area contributed by atoms with Crippen LogP contribution in [0.5, 0.6) is 17.2 Å². The largest absolute Gasteiger partial charge is 0.494 e. The number of fused-ring (bicyclic) bond motifs is 1. The lowest BCUT2D eigenvalue weighted by molar-refractivity contribution is 0.326. The molecule has 3 aromatic carbocycles. The Balaban J connectivity index is 1.98. The van der Waals surface area contributed by atoms with Crippen LogP contribution in [0, 0.1) is 6.92 Å². The van der Waals surface area contributed by atoms with E-state index in [1.54, 1.807) is 25.5 Å². The molecule has 4 rings (SSSR count). The molecule has 8 heteroatoms. The van der Waals surface area contributed by atoms with Gasteiger partial charge in [-0.3, -0.25) is 4.79 Å². The summed E-state index contributed by atoms with van der Waals surface area (Å²) in [6, 6.07) is 15.0. The Labute approximate surface area is 236 Å². The molecule has 7 nitrogen and oxygen atoms in total. The van der Waals surface area contributed by atoms with Gasteiger partial charge in [-0.25, -0.2) is 4.98 Å². The van der Waals surface area contributed by atoms with Gasteiger partial charge in [0.1, 0.15) is 12.4 Å². The van der Waals surface area contributed by atoms with Gasteiger partial charge in [0.05, 0.1) is 30.8 Å². The third kappa shape index (κ3) is 5.91. The highest BCUT2D eigenvalue weighted by Crippen LogP contribution is 2.36. The normalized spacial score (nSPS) is 11.4. The number of ether oxygens (including phenoxy) is 3. The SMILES string of the molecule is C=CCOc1c(C=Nn2c(-c3cc(C(C)C)c(OCC)cc3C)nc3ccccc3c2=O)cc(Br)cc1OC. The fourth-order valence-corrected chi connectivity index (χ4v) is 4.78. The molecule has 4 aromatic rings. The fraction of sp³-hybridized carbons (Fsp3) is 0.258. The Morgan fingerprint density at radius 2 is 1.90 bits per heavy atom. The molecule has 0 spiro atoms. The van der Waals surface area contributed by atoms with Crippen LogP contribution in [0.25, 0.3) is 22.3 Å². The van der Waals surface area contributed by atoms with E-state index in [-0.39, 0.29) is 18.1 Å². The third-order valence-electron chi connectivity index (χ3n) is 6.20. The Kier molecular flexibility index (Phi) is 8.86. The summed E-state index contributed by atoms with van der Waals surface area (Å²) in [5, 5.41) is 5.14. The highest BCUT2D eigenvalue weighted by atomic mass is 79.9. The van der Waals surface area contributed by atoms with Crippen molar-refractivity contribution in [2.24, 2.45) is 5.10 Å². The van der Waals surface area contributed by atoms with E-state index in [1.807, 2.05) is 56.3 Å². The Bertz CT molecular complexity index is 1610. The van der Waals surface area contributed by atoms with Crippen molar-refractivity contribution >= 4 is 33.0 Å². The summed E-state index contributed by atoms with van der Waals surface area (Å²) in [7, 11) is 1.57. The molecule has 0 aliphatic carbocycles. The average Bonchev–Trinajstić information content (AvgIpc) is 2.91. The molecule has 0 radical (unpaired) electrons. The van der Waals surface area contributed by atoms with Gasteiger partial charge in [0, 0.05) is 15.6 Å². The predicted molar refractivity (Wildman–Crippen MR) is 161 cm³/mol. The van der Waals surface area contributed by atoms with Crippen LogP contribution in [0.2, 0.25) is 0 Å². The molecule has 0 saturated heterocycles. The second-order valence-corrected chi connectivity index (χ2v) is 10.1. The van der Waals surface area contributed by atoms with Gasteiger partial charge in [-0.1, -0.05) is 54.6 Å². The van der Waals surface area contributed by atoms with Crippen molar-refractivity contribution in [3.63, 3.8) is 0 Å². The van der Waals surface area contributed by atoms with Gasteiger partial charge in [0.15, 0.2) is 17.3 Å². The van der Waals surface area contributed by atoms with E-state index in [2.05, 4.69) is 41.5 Å². The summed E-state index contributed by atoms with van der Waals surface area (Å²) in [5.74, 6) is 2.49. The molecule has 0 atom stereocenters. The standard InChI is InChI=1S/C31H32BrN3O4/c1-7-13-39-29-21(15-22(32)16-28(29)37-6)18-33-35-30(34-26-12-10-9-11-23(26)31(35)36)25-17-24(19(3)4)27(38-8-2)14-20(25)5/h7,9-12,14-19H,1,8,13H2,2-6H3. The molecule has 0 aliphatic heterocycles. The van der Waals surface area contributed by atoms with Crippen LogP contribution >= 0.6 is 15.9 Å². The number of hydrogen-bond donors (Lipinski definition) is 0. The second-order valence-electron chi connectivity index (χ2n) is 9.23. The monoisotopic (exact) mass is 589 g/mol. The Morgan fingerprint density at radius 1 is 1.13 bits per heavy atom. The van der Waals surface area contributed by atoms with Gasteiger partial charge >= 0.3 is 0 Å². The van der Waals surface area contributed by atoms with Crippen molar-refractivity contribution in [2.75, 3.05) is 20.3 Å². The third-order valence-corrected chi connectivity index (χ3v) is 6.66. The van der Waals surface area contributed by atoms with Gasteiger partial charge in [0.2, 0.25) is 0 Å². The van der Waals surface area contributed by atoms with Crippen LogP contribution in [-0.2, 0) is 0 Å². The summed E-state index contributed by atoms with van der Waals surface area (Å²) in [6.45, 7) is 12.8. The number of benzene rings is 3. The molecule has 0 unspecified atom stereocenters. The van der Waals surface area contributed by atoms with Gasteiger partial charge in [-0.2, -0.15) is 9.78 Å². The van der Waals surface area contributed by atoms with Crippen LogP contribution in [0.15, 0.2) is 75.6 Å². The van der Waals surface area contributed by atoms with Gasteiger partial charge in [-0.15, -0.1) is 0 Å². The number of para-hydroxylation sites is 1. The smallest absolute Gasteiger partial charge is 0.282 e. The molecular formula is C31H32BrN3O4. The molecule has 39 heavy (non-hydrogen) atoms. The van der Waals surface area contributed by atoms with Crippen molar-refractivity contribution in [3.05, 3.63) is 92.7 Å². The van der Waals surface area contributed by atoms with Crippen molar-refractivity contribution in [1.29, 1.82) is 0 Å². The molecular weight excluding hydrogens is 558 g/mol. The van der Waals surface area contributed by atoms with Crippen molar-refractivity contribution in [3.8, 4) is 28.6 Å². The van der Waals surface area contributed by atoms with Crippen molar-refractivity contribution in [2.45, 2.75) is 33.6 Å². The first kappa shape index (κ1) is 28.1. The first-order chi connectivity index (χ1) is 18.8. The van der Waals surface area contributed by atoms with E-state index in [0.29, 0.717) is 40.4 Å². The van der Waals surface area contributed by atoms with Crippen LogP contribution in [-0.4, -0.2) is 36.2 Å². The Hall–Kier alpha value is -3.91. The number of rotatable bonds is 10. The predicted octanol–water partition coefficient (Wildman–Crippen LogP) is 7.11. The second kappa shape index (κ2) is 12.3. The lowest BCUT2D eigenvalue weighted by Gasteiger charge is -2.18. The van der Waals surface area contributed by atoms with Crippen LogP contribution in [0.4, 0.5) is 0 Å². The van der Waals surface area contributed by atoms with Gasteiger partial charge in [0.25, 0.3) is 5.56 Å². The number of halogens is 1. The summed E-state index contributed by atoms with van der Waals surface area (Å²) < 4.78 is 19.5. The van der Waals surface area contributed by atoms with Gasteiger partial charge in [-0.05, 0) is 67.3 Å². The minimum Gasteiger partial charge on any atom is -0.494 e. The van der Waals surface area contributed by atoms with Crippen LogP contribution in [0.1, 0.15) is 43.4 Å². The zero-order chi connectivity index (χ0) is 28.1. The first-order valence-electron chi connectivity index (χ1n) is 12.7. The quantitative estimate of drug-likeness (QED) is 0.145.